The summed E-state index contributed by atoms with van der Waals surface area (Å²) in [5.41, 5.74) is 2.53. The second-order valence-corrected chi connectivity index (χ2v) is 10.7. The Bertz CT molecular complexity index is 1450. The Balaban J connectivity index is 1.45. The van der Waals surface area contributed by atoms with Gasteiger partial charge in [0, 0.05) is 38.5 Å². The van der Waals surface area contributed by atoms with Gasteiger partial charge in [-0.3, -0.25) is 0 Å². The Morgan fingerprint density at radius 3 is 1.93 bits per heavy atom. The van der Waals surface area contributed by atoms with Crippen LogP contribution in [0.25, 0.3) is 0 Å². The van der Waals surface area contributed by atoms with Gasteiger partial charge >= 0.3 is 0 Å². The molecular weight excluding hydrogens is 544 g/mol. The zero-order valence-electron chi connectivity index (χ0n) is 25.2. The molecule has 0 bridgehead atoms. The van der Waals surface area contributed by atoms with Gasteiger partial charge in [-0.1, -0.05) is 54.6 Å². The average molecular weight is 583 g/mol. The molecule has 224 valence electrons. The Morgan fingerprint density at radius 1 is 0.884 bits per heavy atom. The van der Waals surface area contributed by atoms with Crippen LogP contribution in [0.15, 0.2) is 96.2 Å². The molecule has 0 unspecified atom stereocenters. The Hall–Kier alpha value is -4.31. The first-order valence-corrected chi connectivity index (χ1v) is 14.2. The lowest BCUT2D eigenvalue weighted by molar-refractivity contribution is -0.0828. The van der Waals surface area contributed by atoms with Crippen molar-refractivity contribution in [1.29, 1.82) is 0 Å². The minimum atomic E-state index is -1.01. The number of aliphatic hydroxyl groups is 1. The number of hydrogen-bond acceptors (Lipinski definition) is 8. The van der Waals surface area contributed by atoms with Gasteiger partial charge in [0.2, 0.25) is 0 Å². The highest BCUT2D eigenvalue weighted by atomic mass is 16.6. The smallest absolute Gasteiger partial charge is 0.250 e. The van der Waals surface area contributed by atoms with Gasteiger partial charge in [0.05, 0.1) is 33.0 Å². The lowest BCUT2D eigenvalue weighted by Gasteiger charge is -2.37. The van der Waals surface area contributed by atoms with Crippen LogP contribution in [0, 0.1) is 0 Å². The van der Waals surface area contributed by atoms with E-state index < -0.39 is 17.8 Å². The maximum Gasteiger partial charge on any atom is 0.250 e. The van der Waals surface area contributed by atoms with Crippen molar-refractivity contribution in [3.63, 3.8) is 0 Å². The highest BCUT2D eigenvalue weighted by Gasteiger charge is 2.42. The third kappa shape index (κ3) is 6.54. The van der Waals surface area contributed by atoms with E-state index >= 15 is 0 Å². The summed E-state index contributed by atoms with van der Waals surface area (Å²) in [6.07, 6.45) is 2.14. The molecule has 1 aliphatic heterocycles. The van der Waals surface area contributed by atoms with Gasteiger partial charge in [-0.2, -0.15) is 4.99 Å². The van der Waals surface area contributed by atoms with Gasteiger partial charge < -0.3 is 29.0 Å². The lowest BCUT2D eigenvalue weighted by atomic mass is 9.80. The number of benzene rings is 3. The monoisotopic (exact) mass is 582 g/mol. The molecule has 0 radical (unpaired) electrons. The number of aromatic nitrogens is 2. The molecular formula is C34H38N4O5. The van der Waals surface area contributed by atoms with Crippen molar-refractivity contribution in [2.45, 2.75) is 37.3 Å². The average Bonchev–Trinajstić information content (AvgIpc) is 3.42. The Labute approximate surface area is 252 Å². The lowest BCUT2D eigenvalue weighted by Crippen LogP contribution is -2.38. The first kappa shape index (κ1) is 30.2. The molecule has 43 heavy (non-hydrogen) atoms. The topological polar surface area (TPSA) is 98.5 Å². The minimum Gasteiger partial charge on any atom is -0.497 e. The summed E-state index contributed by atoms with van der Waals surface area (Å²) in [7, 11) is 7.12. The zero-order chi connectivity index (χ0) is 30.4. The molecule has 4 aromatic rings. The summed E-state index contributed by atoms with van der Waals surface area (Å²) in [6, 6.07) is 25.7. The summed E-state index contributed by atoms with van der Waals surface area (Å²) in [6.45, 7) is 2.03. The van der Waals surface area contributed by atoms with E-state index in [2.05, 4.69) is 15.0 Å². The van der Waals surface area contributed by atoms with Gasteiger partial charge in [-0.05, 0) is 47.9 Å². The van der Waals surface area contributed by atoms with Crippen molar-refractivity contribution in [1.82, 2.24) is 14.9 Å². The van der Waals surface area contributed by atoms with Crippen molar-refractivity contribution in [3.05, 3.63) is 114 Å². The normalized spacial score (nSPS) is 18.8. The second-order valence-electron chi connectivity index (χ2n) is 10.7. The van der Waals surface area contributed by atoms with Crippen LogP contribution in [0.3, 0.4) is 0 Å². The summed E-state index contributed by atoms with van der Waals surface area (Å²) in [4.78, 5) is 15.1. The van der Waals surface area contributed by atoms with Crippen molar-refractivity contribution in [3.8, 4) is 11.5 Å². The van der Waals surface area contributed by atoms with Crippen LogP contribution in [-0.4, -0.2) is 72.9 Å². The summed E-state index contributed by atoms with van der Waals surface area (Å²) in [5.74, 6) is 2.66. The van der Waals surface area contributed by atoms with Crippen molar-refractivity contribution >= 4 is 11.8 Å². The van der Waals surface area contributed by atoms with E-state index in [9.17, 15) is 5.11 Å². The maximum absolute atomic E-state index is 11.1. The molecule has 3 atom stereocenters. The van der Waals surface area contributed by atoms with E-state index in [4.69, 9.17) is 18.9 Å². The zero-order valence-corrected chi connectivity index (χ0v) is 25.2. The van der Waals surface area contributed by atoms with Crippen LogP contribution in [0.5, 0.6) is 11.5 Å². The van der Waals surface area contributed by atoms with Crippen LogP contribution >= 0.6 is 0 Å². The Kier molecular flexibility index (Phi) is 9.35. The third-order valence-corrected chi connectivity index (χ3v) is 7.80. The van der Waals surface area contributed by atoms with Gasteiger partial charge in [-0.25, -0.2) is 9.97 Å². The number of ether oxygens (including phenoxy) is 4. The molecule has 1 saturated heterocycles. The van der Waals surface area contributed by atoms with Crippen molar-refractivity contribution in [2.24, 2.45) is 4.99 Å². The van der Waals surface area contributed by atoms with Crippen LogP contribution < -0.4 is 9.47 Å². The number of nitrogens with zero attached hydrogens (tertiary/aromatic N) is 4. The van der Waals surface area contributed by atoms with E-state index in [1.807, 2.05) is 105 Å². The largest absolute Gasteiger partial charge is 0.497 e. The van der Waals surface area contributed by atoms with Crippen molar-refractivity contribution < 1.29 is 24.1 Å². The molecule has 0 aliphatic carbocycles. The molecule has 1 fully saturated rings. The van der Waals surface area contributed by atoms with Crippen LogP contribution in [0.1, 0.15) is 41.7 Å². The van der Waals surface area contributed by atoms with Crippen LogP contribution in [0.2, 0.25) is 0 Å². The molecule has 3 aromatic carbocycles. The van der Waals surface area contributed by atoms with Gasteiger partial charge in [0.15, 0.2) is 0 Å². The Morgan fingerprint density at radius 2 is 1.42 bits per heavy atom. The summed E-state index contributed by atoms with van der Waals surface area (Å²) in [5, 5.41) is 11.1. The number of amidine groups is 1. The molecule has 1 aromatic heterocycles. The summed E-state index contributed by atoms with van der Waals surface area (Å²) >= 11 is 0. The number of methoxy groups -OCH3 is 2. The van der Waals surface area contributed by atoms with Gasteiger partial charge in [-0.15, -0.1) is 0 Å². The molecule has 9 heteroatoms. The number of aliphatic imine (C=N–C) groups is 1. The van der Waals surface area contributed by atoms with E-state index in [0.717, 1.165) is 39.6 Å². The second kappa shape index (κ2) is 13.3. The van der Waals surface area contributed by atoms with Crippen LogP contribution in [-0.2, 0) is 15.1 Å². The fourth-order valence-electron chi connectivity index (χ4n) is 5.17. The highest BCUT2D eigenvalue weighted by molar-refractivity contribution is 5.81. The standard InChI is InChI=1S/C34H38N4O5/c1-23(38(2)3)37-33-35-20-24(21-36-33)31-19-30(39)32(43-31)22-42-34(25-9-7-6-8-10-25,26-11-15-28(40-4)16-12-26)27-13-17-29(41-5)18-14-27/h6-18,20-21,30-32,39H,19,22H2,1-5H3/b37-23-/t30-,31+,32+/m0/s1. The predicted octanol–water partition coefficient (Wildman–Crippen LogP) is 5.30. The molecule has 1 N–H and O–H groups in total. The highest BCUT2D eigenvalue weighted by Crippen LogP contribution is 2.43. The van der Waals surface area contributed by atoms with Gasteiger partial charge in [0.1, 0.15) is 29.0 Å². The van der Waals surface area contributed by atoms with Crippen LogP contribution in [0.4, 0.5) is 5.95 Å². The van der Waals surface area contributed by atoms with E-state index in [0.29, 0.717) is 12.4 Å². The quantitative estimate of drug-likeness (QED) is 0.153. The van der Waals surface area contributed by atoms with E-state index in [1.165, 1.54) is 0 Å². The first-order chi connectivity index (χ1) is 20.8. The molecule has 0 saturated carbocycles. The predicted molar refractivity (Wildman–Crippen MR) is 165 cm³/mol. The maximum atomic E-state index is 11.1. The molecule has 1 aliphatic rings. The fourth-order valence-corrected chi connectivity index (χ4v) is 5.17. The van der Waals surface area contributed by atoms with Gasteiger partial charge in [0.25, 0.3) is 5.95 Å². The molecule has 0 amide bonds. The molecule has 9 nitrogen and oxygen atoms in total. The number of hydrogen-bond donors (Lipinski definition) is 1. The van der Waals surface area contributed by atoms with Crippen molar-refractivity contribution in [2.75, 3.05) is 34.9 Å². The molecule has 0 spiro atoms. The first-order valence-electron chi connectivity index (χ1n) is 14.2. The summed E-state index contributed by atoms with van der Waals surface area (Å²) < 4.78 is 24.2. The van der Waals surface area contributed by atoms with E-state index in [-0.39, 0.29) is 12.7 Å². The van der Waals surface area contributed by atoms with E-state index in [1.54, 1.807) is 26.6 Å². The molecule has 5 rings (SSSR count). The fraction of sp³-hybridized carbons (Fsp3) is 0.324. The SMILES string of the molecule is COc1ccc(C(OC[C@H]2O[C@@H](c3cnc(/N=C(/C)N(C)C)nc3)C[C@@H]2O)(c2ccccc2)c2ccc(OC)cc2)cc1. The molecule has 2 heterocycles. The number of aliphatic hydroxyl groups excluding tert-OH is 1. The minimum absolute atomic E-state index is 0.135. The third-order valence-electron chi connectivity index (χ3n) is 7.80. The number of rotatable bonds is 10.